The summed E-state index contributed by atoms with van der Waals surface area (Å²) in [6, 6.07) is 9.76. The van der Waals surface area contributed by atoms with Crippen molar-refractivity contribution in [1.82, 2.24) is 10.2 Å². The molecular weight excluding hydrogens is 433 g/mol. The summed E-state index contributed by atoms with van der Waals surface area (Å²) in [6.45, 7) is 5.12. The van der Waals surface area contributed by atoms with Crippen molar-refractivity contribution < 1.29 is 18.3 Å². The van der Waals surface area contributed by atoms with Crippen molar-refractivity contribution in [2.75, 3.05) is 23.3 Å². The largest absolute Gasteiger partial charge is 0.418 e. The van der Waals surface area contributed by atoms with Gasteiger partial charge in [0.25, 0.3) is 0 Å². The van der Waals surface area contributed by atoms with Crippen LogP contribution in [-0.4, -0.2) is 34.0 Å². The summed E-state index contributed by atoms with van der Waals surface area (Å²) in [5.74, 6) is 0.229. The summed E-state index contributed by atoms with van der Waals surface area (Å²) in [4.78, 5) is 1.49. The van der Waals surface area contributed by atoms with Crippen LogP contribution in [0.1, 0.15) is 41.0 Å². The Bertz CT molecular complexity index is 1270. The fraction of sp³-hybridized carbons (Fsp3) is 0.348. The highest BCUT2D eigenvalue weighted by molar-refractivity contribution is 5.96. The number of nitrogens with zero attached hydrogens (tertiary/aromatic N) is 4. The Morgan fingerprint density at radius 3 is 2.52 bits per heavy atom. The second-order valence-corrected chi connectivity index (χ2v) is 8.65. The lowest BCUT2D eigenvalue weighted by Gasteiger charge is -2.46. The van der Waals surface area contributed by atoms with E-state index in [2.05, 4.69) is 21.6 Å². The van der Waals surface area contributed by atoms with E-state index >= 15 is 0 Å². The van der Waals surface area contributed by atoms with Gasteiger partial charge in [-0.05, 0) is 50.1 Å². The third-order valence-corrected chi connectivity index (χ3v) is 5.91. The van der Waals surface area contributed by atoms with Gasteiger partial charge in [0.1, 0.15) is 6.17 Å². The number of aryl methyl sites for hydroxylation is 1. The quantitative estimate of drug-likeness (QED) is 0.513. The van der Waals surface area contributed by atoms with Crippen molar-refractivity contribution in [2.45, 2.75) is 38.7 Å². The van der Waals surface area contributed by atoms with E-state index in [0.717, 1.165) is 6.07 Å². The average Bonchev–Trinajstić information content (AvgIpc) is 2.72. The highest BCUT2D eigenvalue weighted by atomic mass is 19.4. The van der Waals surface area contributed by atoms with Crippen LogP contribution >= 0.6 is 0 Å². The average molecular weight is 456 g/mol. The molecule has 1 saturated heterocycles. The molecule has 2 heterocycles. The van der Waals surface area contributed by atoms with Gasteiger partial charge in [0.05, 0.1) is 28.5 Å². The van der Waals surface area contributed by atoms with E-state index in [1.165, 1.54) is 11.0 Å². The molecule has 0 saturated carbocycles. The number of nitrogens with one attached hydrogen (secondary N) is 1. The Labute approximate surface area is 188 Å². The predicted octanol–water partition coefficient (Wildman–Crippen LogP) is 3.78. The topological polar surface area (TPSA) is 111 Å². The monoisotopic (exact) mass is 456 g/mol. The van der Waals surface area contributed by atoms with Crippen LogP contribution < -0.4 is 16.0 Å². The molecule has 172 valence electrons. The molecule has 1 aliphatic rings. The molecule has 0 unspecified atom stereocenters. The number of benzene rings is 2. The molecule has 4 N–H and O–H groups in total. The van der Waals surface area contributed by atoms with E-state index in [-0.39, 0.29) is 24.6 Å². The summed E-state index contributed by atoms with van der Waals surface area (Å²) in [5, 5.41) is 31.3. The van der Waals surface area contributed by atoms with Gasteiger partial charge >= 0.3 is 6.18 Å². The van der Waals surface area contributed by atoms with E-state index in [1.54, 1.807) is 39.0 Å². The van der Waals surface area contributed by atoms with Crippen molar-refractivity contribution in [3.63, 3.8) is 0 Å². The summed E-state index contributed by atoms with van der Waals surface area (Å²) in [6.07, 6.45) is -5.35. The lowest BCUT2D eigenvalue weighted by molar-refractivity contribution is -0.137. The number of anilines is 2. The maximum atomic E-state index is 13.9. The molecule has 2 aromatic carbocycles. The van der Waals surface area contributed by atoms with Gasteiger partial charge in [-0.1, -0.05) is 12.1 Å². The fourth-order valence-electron chi connectivity index (χ4n) is 4.19. The van der Waals surface area contributed by atoms with Crippen LogP contribution in [0.4, 0.5) is 24.7 Å². The Morgan fingerprint density at radius 2 is 1.91 bits per heavy atom. The van der Waals surface area contributed by atoms with Crippen molar-refractivity contribution in [3.05, 3.63) is 58.3 Å². The van der Waals surface area contributed by atoms with Crippen LogP contribution in [0, 0.1) is 25.2 Å². The zero-order valence-corrected chi connectivity index (χ0v) is 18.3. The molecular formula is C23H23F3N6O. The van der Waals surface area contributed by atoms with Crippen molar-refractivity contribution >= 4 is 22.3 Å². The van der Waals surface area contributed by atoms with E-state index < -0.39 is 23.5 Å². The Hall–Kier alpha value is -3.42. The third kappa shape index (κ3) is 4.17. The molecule has 0 bridgehead atoms. The van der Waals surface area contributed by atoms with Crippen molar-refractivity contribution in [2.24, 2.45) is 5.73 Å². The molecule has 0 aliphatic carbocycles. The van der Waals surface area contributed by atoms with E-state index in [4.69, 9.17) is 5.73 Å². The van der Waals surface area contributed by atoms with Gasteiger partial charge in [-0.3, -0.25) is 0 Å². The number of β-amino-alcohol motifs (C(OH)–C–C–N with tert-alkyl or cyclic N) is 1. The molecule has 1 fully saturated rings. The first kappa shape index (κ1) is 22.8. The van der Waals surface area contributed by atoms with Crippen LogP contribution in [0.2, 0.25) is 0 Å². The molecule has 0 amide bonds. The lowest BCUT2D eigenvalue weighted by Crippen LogP contribution is -2.60. The fourth-order valence-corrected chi connectivity index (χ4v) is 4.19. The van der Waals surface area contributed by atoms with E-state index in [9.17, 15) is 23.5 Å². The number of halogens is 3. The van der Waals surface area contributed by atoms with Gasteiger partial charge in [-0.2, -0.15) is 23.5 Å². The molecule has 4 rings (SSSR count). The number of nitriles is 1. The normalized spacial score (nSPS) is 16.3. The SMILES string of the molecule is Cc1c(C#N)cccc1[C@@H](N)Nc1nnc(C)c2cc(C(F)(F)F)c(N3CC(C)(O)C3)cc12. The van der Waals surface area contributed by atoms with Crippen molar-refractivity contribution in [1.29, 1.82) is 5.26 Å². The maximum absolute atomic E-state index is 13.9. The Kier molecular flexibility index (Phi) is 5.42. The van der Waals surface area contributed by atoms with Crippen LogP contribution in [0.3, 0.4) is 0 Å². The molecule has 1 atom stereocenters. The molecule has 33 heavy (non-hydrogen) atoms. The molecule has 3 aromatic rings. The first-order valence-corrected chi connectivity index (χ1v) is 10.3. The molecule has 0 radical (unpaired) electrons. The van der Waals surface area contributed by atoms with Gasteiger partial charge in [0, 0.05) is 29.5 Å². The minimum Gasteiger partial charge on any atom is -0.386 e. The zero-order valence-electron chi connectivity index (χ0n) is 18.3. The van der Waals surface area contributed by atoms with Crippen LogP contribution in [0.25, 0.3) is 10.8 Å². The molecule has 7 nitrogen and oxygen atoms in total. The summed E-state index contributed by atoms with van der Waals surface area (Å²) < 4.78 is 41.6. The number of alkyl halides is 3. The highest BCUT2D eigenvalue weighted by Gasteiger charge is 2.42. The molecule has 10 heteroatoms. The van der Waals surface area contributed by atoms with Crippen LogP contribution in [0.5, 0.6) is 0 Å². The van der Waals surface area contributed by atoms with Crippen molar-refractivity contribution in [3.8, 4) is 6.07 Å². The Balaban J connectivity index is 1.82. The van der Waals surface area contributed by atoms with Gasteiger partial charge in [0.15, 0.2) is 5.82 Å². The summed E-state index contributed by atoms with van der Waals surface area (Å²) >= 11 is 0. The summed E-state index contributed by atoms with van der Waals surface area (Å²) in [7, 11) is 0. The number of rotatable bonds is 4. The number of nitrogens with two attached hydrogens (primary N) is 1. The first-order valence-electron chi connectivity index (χ1n) is 10.3. The third-order valence-electron chi connectivity index (χ3n) is 5.91. The predicted molar refractivity (Wildman–Crippen MR) is 119 cm³/mol. The number of fused-ring (bicyclic) bond motifs is 1. The number of aromatic nitrogens is 2. The maximum Gasteiger partial charge on any atom is 0.418 e. The summed E-state index contributed by atoms with van der Waals surface area (Å²) in [5.41, 5.74) is 6.65. The smallest absolute Gasteiger partial charge is 0.386 e. The van der Waals surface area contributed by atoms with Crippen LogP contribution in [-0.2, 0) is 6.18 Å². The lowest BCUT2D eigenvalue weighted by atomic mass is 9.93. The standard InChI is InChI=1S/C23H23F3N6O/c1-12-14(9-27)5-4-6-15(12)20(28)29-21-17-8-19(32-10-22(3,33)11-32)18(23(24,25)26)7-16(17)13(2)30-31-21/h4-8,20,33H,10-11,28H2,1-3H3,(H,29,31)/t20-/m0/s1. The van der Waals surface area contributed by atoms with Gasteiger partial charge in [-0.25, -0.2) is 0 Å². The molecule has 1 aliphatic heterocycles. The van der Waals surface area contributed by atoms with E-state index in [1.807, 2.05) is 0 Å². The second kappa shape index (κ2) is 7.86. The Morgan fingerprint density at radius 1 is 1.21 bits per heavy atom. The van der Waals surface area contributed by atoms with Gasteiger partial charge in [0.2, 0.25) is 0 Å². The number of aliphatic hydroxyl groups is 1. The number of hydrogen-bond donors (Lipinski definition) is 3. The first-order chi connectivity index (χ1) is 15.4. The van der Waals surface area contributed by atoms with Gasteiger partial charge in [-0.15, -0.1) is 5.10 Å². The molecule has 1 aromatic heterocycles. The molecule has 0 spiro atoms. The zero-order chi connectivity index (χ0) is 24.1. The van der Waals surface area contributed by atoms with E-state index in [0.29, 0.717) is 33.2 Å². The second-order valence-electron chi connectivity index (χ2n) is 8.65. The highest BCUT2D eigenvalue weighted by Crippen LogP contribution is 2.43. The minimum atomic E-state index is -4.58. The van der Waals surface area contributed by atoms with Crippen LogP contribution in [0.15, 0.2) is 30.3 Å². The number of hydrogen-bond acceptors (Lipinski definition) is 7. The minimum absolute atomic E-state index is 0.0341. The van der Waals surface area contributed by atoms with Gasteiger partial charge < -0.3 is 21.1 Å².